The van der Waals surface area contributed by atoms with Crippen LogP contribution in [0.2, 0.25) is 0 Å². The molecular formula is C35H44O10. The van der Waals surface area contributed by atoms with Crippen molar-refractivity contribution < 1.29 is 50.1 Å². The molecule has 1 aliphatic rings. The molecule has 0 aliphatic heterocycles. The zero-order valence-corrected chi connectivity index (χ0v) is 26.7. The summed E-state index contributed by atoms with van der Waals surface area (Å²) >= 11 is 0. The van der Waals surface area contributed by atoms with E-state index in [0.717, 1.165) is 11.1 Å². The lowest BCUT2D eigenvalue weighted by Crippen LogP contribution is -2.49. The Labute approximate surface area is 262 Å². The first-order chi connectivity index (χ1) is 20.8. The third-order valence-electron chi connectivity index (χ3n) is 8.63. The molecule has 0 heterocycles. The lowest BCUT2D eigenvalue weighted by atomic mass is 9.73. The number of carbonyl (C=O) groups excluding carboxylic acids is 2. The molecule has 0 unspecified atom stereocenters. The molecule has 2 aromatic carbocycles. The number of benzene rings is 2. The summed E-state index contributed by atoms with van der Waals surface area (Å²) in [7, 11) is 0. The van der Waals surface area contributed by atoms with Crippen LogP contribution >= 0.6 is 0 Å². The number of aliphatic hydroxyl groups excluding tert-OH is 1. The van der Waals surface area contributed by atoms with Gasteiger partial charge < -0.3 is 35.7 Å². The second kappa shape index (κ2) is 13.6. The van der Waals surface area contributed by atoms with Crippen LogP contribution in [-0.4, -0.2) is 70.6 Å². The minimum Gasteiger partial charge on any atom is -0.507 e. The number of allylic oxidation sites excluding steroid dienone is 4. The van der Waals surface area contributed by atoms with E-state index < -0.39 is 46.3 Å². The molecule has 7 N–H and O–H groups in total. The van der Waals surface area contributed by atoms with Crippen LogP contribution in [0, 0.1) is 13.8 Å². The van der Waals surface area contributed by atoms with Crippen molar-refractivity contribution in [3.8, 4) is 17.2 Å². The number of ketones is 2. The Morgan fingerprint density at radius 3 is 2.02 bits per heavy atom. The first-order valence-electron chi connectivity index (χ1n) is 15.0. The number of aromatic hydroxyl groups is 3. The molecule has 0 saturated heterocycles. The molecular weight excluding hydrogens is 580 g/mol. The molecule has 0 radical (unpaired) electrons. The average molecular weight is 625 g/mol. The summed E-state index contributed by atoms with van der Waals surface area (Å²) in [5.74, 6) is -4.40. The van der Waals surface area contributed by atoms with Crippen molar-refractivity contribution in [2.45, 2.75) is 104 Å². The number of Topliss-reactive ketones (excluding diaryl/α,β-unsaturated/α-hetero) is 2. The van der Waals surface area contributed by atoms with Crippen molar-refractivity contribution in [3.63, 3.8) is 0 Å². The number of hydrogen-bond acceptors (Lipinski definition) is 9. The quantitative estimate of drug-likeness (QED) is 0.0856. The van der Waals surface area contributed by atoms with Crippen LogP contribution in [0.25, 0.3) is 10.8 Å². The van der Waals surface area contributed by atoms with Crippen molar-refractivity contribution in [1.82, 2.24) is 0 Å². The van der Waals surface area contributed by atoms with Crippen LogP contribution in [0.15, 0.2) is 41.0 Å². The molecule has 0 bridgehead atoms. The van der Waals surface area contributed by atoms with Crippen LogP contribution in [0.5, 0.6) is 17.2 Å². The van der Waals surface area contributed by atoms with E-state index in [-0.39, 0.29) is 58.0 Å². The van der Waals surface area contributed by atoms with Crippen LogP contribution in [0.3, 0.4) is 0 Å². The van der Waals surface area contributed by atoms with Crippen molar-refractivity contribution in [2.24, 2.45) is 0 Å². The number of aliphatic carboxylic acids is 1. The molecule has 10 nitrogen and oxygen atoms in total. The summed E-state index contributed by atoms with van der Waals surface area (Å²) in [6.07, 6.45) is 6.31. The highest BCUT2D eigenvalue weighted by Crippen LogP contribution is 2.49. The zero-order chi connectivity index (χ0) is 34.0. The summed E-state index contributed by atoms with van der Waals surface area (Å²) in [6, 6.07) is 1.28. The van der Waals surface area contributed by atoms with Crippen LogP contribution < -0.4 is 0 Å². The fourth-order valence-corrected chi connectivity index (χ4v) is 5.60. The van der Waals surface area contributed by atoms with Gasteiger partial charge in [0.05, 0.1) is 22.8 Å². The number of hydrogen-bond donors (Lipinski definition) is 7. The first-order valence-corrected chi connectivity index (χ1v) is 15.0. The smallest absolute Gasteiger partial charge is 0.331 e. The maximum Gasteiger partial charge on any atom is 0.331 e. The highest BCUT2D eigenvalue weighted by Gasteiger charge is 2.51. The lowest BCUT2D eigenvalue weighted by molar-refractivity contribution is -0.133. The van der Waals surface area contributed by atoms with Crippen molar-refractivity contribution in [2.75, 3.05) is 0 Å². The van der Waals surface area contributed by atoms with E-state index in [1.54, 1.807) is 26.0 Å². The van der Waals surface area contributed by atoms with E-state index in [4.69, 9.17) is 0 Å². The van der Waals surface area contributed by atoms with Gasteiger partial charge in [0.15, 0.2) is 5.60 Å². The Hall–Kier alpha value is -3.99. The Morgan fingerprint density at radius 2 is 1.44 bits per heavy atom. The Kier molecular flexibility index (Phi) is 10.7. The molecule has 0 spiro atoms. The number of phenols is 3. The monoisotopic (exact) mass is 624 g/mol. The normalized spacial score (nSPS) is 18.6. The van der Waals surface area contributed by atoms with E-state index in [0.29, 0.717) is 31.2 Å². The maximum atomic E-state index is 13.6. The average Bonchev–Trinajstić information content (AvgIpc) is 2.94. The minimum absolute atomic E-state index is 0.0235. The van der Waals surface area contributed by atoms with Crippen LogP contribution in [0.4, 0.5) is 0 Å². The number of carbonyl (C=O) groups is 3. The minimum atomic E-state index is -2.56. The summed E-state index contributed by atoms with van der Waals surface area (Å²) < 4.78 is 0. The fraction of sp³-hybridized carbons (Fsp3) is 0.457. The second-order valence-corrected chi connectivity index (χ2v) is 12.7. The van der Waals surface area contributed by atoms with Gasteiger partial charge in [0.1, 0.15) is 17.2 Å². The second-order valence-electron chi connectivity index (χ2n) is 12.7. The Morgan fingerprint density at radius 1 is 0.889 bits per heavy atom. The standard InChI is InChI=1S/C35H44O10/c1-18(11-8-12-22(33(42)43)13-14-24(37)34(5,6)44)9-7-10-19(2)15-16-35(45)31(40)26-23(36)17-20(3)25-27(26)28(32(35)41)30(39)21(4)29(25)38/h9,12,15,17,24,36-39,44-45H,7-8,10-11,13-14,16H2,1-6H3,(H,42,43)/b18-9+,19-15+,22-12+/t24-,35+/m1/s1. The zero-order valence-electron chi connectivity index (χ0n) is 26.7. The molecule has 2 aromatic rings. The Balaban J connectivity index is 1.69. The molecule has 0 fully saturated rings. The molecule has 10 heteroatoms. The number of rotatable bonds is 13. The maximum absolute atomic E-state index is 13.6. The summed E-state index contributed by atoms with van der Waals surface area (Å²) in [5.41, 5.74) is -2.08. The molecule has 244 valence electrons. The van der Waals surface area contributed by atoms with Gasteiger partial charge in [-0.1, -0.05) is 29.4 Å². The fourth-order valence-electron chi connectivity index (χ4n) is 5.60. The highest BCUT2D eigenvalue weighted by atomic mass is 16.4. The van der Waals surface area contributed by atoms with Gasteiger partial charge in [-0.15, -0.1) is 0 Å². The molecule has 3 rings (SSSR count). The van der Waals surface area contributed by atoms with Crippen LogP contribution in [-0.2, 0) is 4.79 Å². The van der Waals surface area contributed by atoms with Gasteiger partial charge in [-0.05, 0) is 91.7 Å². The van der Waals surface area contributed by atoms with Crippen molar-refractivity contribution in [3.05, 3.63) is 63.3 Å². The number of aryl methyl sites for hydroxylation is 1. The number of aliphatic hydroxyl groups is 3. The Bertz CT molecular complexity index is 1620. The molecule has 2 atom stereocenters. The number of phenolic OH excluding ortho intramolecular Hbond substituents is 3. The number of carboxylic acid groups (broad SMARTS) is 1. The van der Waals surface area contributed by atoms with Gasteiger partial charge in [0, 0.05) is 28.3 Å². The van der Waals surface area contributed by atoms with E-state index in [1.807, 2.05) is 13.0 Å². The van der Waals surface area contributed by atoms with Crippen LogP contribution in [0.1, 0.15) is 104 Å². The summed E-state index contributed by atoms with van der Waals surface area (Å²) in [6.45, 7) is 9.66. The predicted octanol–water partition coefficient (Wildman–Crippen LogP) is 5.45. The SMILES string of the molecule is C/C(=C\CC/C(C)=C/C[C@]1(O)C(=O)c2c(O)cc(C)c3c(O)c(C)c(O)c(c23)C1=O)CC/C=C(\CC[C@@H](O)C(C)(C)O)C(=O)O. The molecule has 45 heavy (non-hydrogen) atoms. The predicted molar refractivity (Wildman–Crippen MR) is 170 cm³/mol. The van der Waals surface area contributed by atoms with Gasteiger partial charge in [0.25, 0.3) is 0 Å². The molecule has 0 aromatic heterocycles. The molecule has 1 aliphatic carbocycles. The topological polar surface area (TPSA) is 193 Å². The summed E-state index contributed by atoms with van der Waals surface area (Å²) in [4.78, 5) is 38.6. The number of carboxylic acids is 1. The van der Waals surface area contributed by atoms with Gasteiger partial charge in [0.2, 0.25) is 11.6 Å². The largest absolute Gasteiger partial charge is 0.507 e. The van der Waals surface area contributed by atoms with Crippen molar-refractivity contribution >= 4 is 28.3 Å². The van der Waals surface area contributed by atoms with E-state index in [9.17, 15) is 50.1 Å². The van der Waals surface area contributed by atoms with Gasteiger partial charge >= 0.3 is 5.97 Å². The molecule has 0 amide bonds. The third-order valence-corrected chi connectivity index (χ3v) is 8.63. The lowest BCUT2D eigenvalue weighted by Gasteiger charge is -2.32. The summed E-state index contributed by atoms with van der Waals surface area (Å²) in [5, 5.41) is 72.9. The van der Waals surface area contributed by atoms with E-state index >= 15 is 0 Å². The third kappa shape index (κ3) is 7.30. The van der Waals surface area contributed by atoms with E-state index in [1.165, 1.54) is 26.8 Å². The first kappa shape index (κ1) is 35.5. The van der Waals surface area contributed by atoms with Gasteiger partial charge in [-0.2, -0.15) is 0 Å². The van der Waals surface area contributed by atoms with Gasteiger partial charge in [-0.3, -0.25) is 9.59 Å². The highest BCUT2D eigenvalue weighted by molar-refractivity contribution is 6.36. The molecule has 0 saturated carbocycles. The van der Waals surface area contributed by atoms with Crippen molar-refractivity contribution in [1.29, 1.82) is 0 Å². The van der Waals surface area contributed by atoms with Gasteiger partial charge in [-0.25, -0.2) is 4.79 Å². The van der Waals surface area contributed by atoms with E-state index in [2.05, 4.69) is 0 Å².